The number of aromatic nitrogens is 3. The first-order valence-electron chi connectivity index (χ1n) is 6.23. The van der Waals surface area contributed by atoms with Gasteiger partial charge in [0.15, 0.2) is 11.5 Å². The van der Waals surface area contributed by atoms with Crippen LogP contribution in [0.25, 0.3) is 0 Å². The molecule has 0 atom stereocenters. The summed E-state index contributed by atoms with van der Waals surface area (Å²) in [6.45, 7) is 3.76. The van der Waals surface area contributed by atoms with Gasteiger partial charge in [-0.2, -0.15) is 0 Å². The Kier molecular flexibility index (Phi) is 4.59. The van der Waals surface area contributed by atoms with Gasteiger partial charge in [0, 0.05) is 24.5 Å². The van der Waals surface area contributed by atoms with Crippen molar-refractivity contribution in [2.24, 2.45) is 0 Å². The van der Waals surface area contributed by atoms with Gasteiger partial charge in [0.25, 0.3) is 0 Å². The van der Waals surface area contributed by atoms with Gasteiger partial charge in [0.1, 0.15) is 0 Å². The monoisotopic (exact) mass is 306 g/mol. The number of carboxylic acid groups (broad SMARTS) is 1. The Labute approximate surface area is 125 Å². The highest BCUT2D eigenvalue weighted by Crippen LogP contribution is 2.11. The summed E-state index contributed by atoms with van der Waals surface area (Å²) in [4.78, 5) is 34.3. The molecule has 2 heterocycles. The van der Waals surface area contributed by atoms with Crippen LogP contribution in [0.15, 0.2) is 11.6 Å². The van der Waals surface area contributed by atoms with E-state index in [1.807, 2.05) is 0 Å². The summed E-state index contributed by atoms with van der Waals surface area (Å²) in [6.07, 6.45) is 2.08. The second-order valence-corrected chi connectivity index (χ2v) is 5.30. The lowest BCUT2D eigenvalue weighted by Gasteiger charge is -2.06. The van der Waals surface area contributed by atoms with E-state index in [2.05, 4.69) is 20.3 Å². The van der Waals surface area contributed by atoms with Gasteiger partial charge in [-0.25, -0.2) is 19.7 Å². The van der Waals surface area contributed by atoms with Crippen molar-refractivity contribution in [3.8, 4) is 0 Å². The van der Waals surface area contributed by atoms with Crippen LogP contribution in [0.1, 0.15) is 38.5 Å². The van der Waals surface area contributed by atoms with E-state index < -0.39 is 5.97 Å². The van der Waals surface area contributed by atoms with Gasteiger partial charge in [-0.05, 0) is 13.8 Å². The largest absolute Gasteiger partial charge is 0.476 e. The number of hydrogen-bond donors (Lipinski definition) is 2. The Hall–Kier alpha value is -2.35. The number of Topliss-reactive ketones (excluding diaryl/α,β-unsaturated/α-hetero) is 1. The topological polar surface area (TPSA) is 105 Å². The van der Waals surface area contributed by atoms with E-state index in [4.69, 9.17) is 5.11 Å². The fourth-order valence-corrected chi connectivity index (χ4v) is 2.48. The van der Waals surface area contributed by atoms with Gasteiger partial charge < -0.3 is 10.4 Å². The van der Waals surface area contributed by atoms with Crippen LogP contribution >= 0.6 is 11.3 Å². The van der Waals surface area contributed by atoms with Crippen molar-refractivity contribution in [2.75, 3.05) is 11.9 Å². The number of hydrogen-bond acceptors (Lipinski definition) is 7. The summed E-state index contributed by atoms with van der Waals surface area (Å²) in [5, 5.41) is 14.1. The van der Waals surface area contributed by atoms with Crippen LogP contribution in [0.4, 0.5) is 5.95 Å². The predicted octanol–water partition coefficient (Wildman–Crippen LogP) is 1.80. The summed E-state index contributed by atoms with van der Waals surface area (Å²) in [5.74, 6) is -0.653. The zero-order chi connectivity index (χ0) is 15.4. The van der Waals surface area contributed by atoms with E-state index in [0.717, 1.165) is 5.01 Å². The molecule has 0 aliphatic rings. The van der Waals surface area contributed by atoms with E-state index in [-0.39, 0.29) is 11.5 Å². The van der Waals surface area contributed by atoms with Crippen molar-refractivity contribution in [2.45, 2.75) is 20.3 Å². The fraction of sp³-hybridized carbons (Fsp3) is 0.308. The smallest absolute Gasteiger partial charge is 0.355 e. The molecule has 0 spiro atoms. The van der Waals surface area contributed by atoms with Crippen molar-refractivity contribution < 1.29 is 14.7 Å². The van der Waals surface area contributed by atoms with Gasteiger partial charge >= 0.3 is 5.97 Å². The molecule has 7 nitrogen and oxygen atoms in total. The predicted molar refractivity (Wildman–Crippen MR) is 78.0 cm³/mol. The third kappa shape index (κ3) is 3.82. The first kappa shape index (κ1) is 15.0. The number of rotatable bonds is 6. The van der Waals surface area contributed by atoms with Crippen LogP contribution < -0.4 is 5.32 Å². The molecule has 2 aromatic rings. The normalized spacial score (nSPS) is 10.4. The minimum atomic E-state index is -1.02. The number of thiazole rings is 1. The van der Waals surface area contributed by atoms with E-state index >= 15 is 0 Å². The van der Waals surface area contributed by atoms with Crippen molar-refractivity contribution >= 4 is 29.0 Å². The Bertz CT molecular complexity index is 684. The van der Waals surface area contributed by atoms with Crippen LogP contribution in [0.3, 0.4) is 0 Å². The van der Waals surface area contributed by atoms with Crippen molar-refractivity contribution in [1.29, 1.82) is 0 Å². The third-order valence-electron chi connectivity index (χ3n) is 2.75. The van der Waals surface area contributed by atoms with E-state index in [1.54, 1.807) is 6.92 Å². The van der Waals surface area contributed by atoms with E-state index in [0.29, 0.717) is 30.2 Å². The molecule has 0 fully saturated rings. The molecule has 0 aliphatic heterocycles. The highest BCUT2D eigenvalue weighted by molar-refractivity contribution is 7.09. The number of anilines is 1. The molecule has 8 heteroatoms. The molecule has 0 aliphatic carbocycles. The molecular formula is C13H14N4O3S. The second-order valence-electron chi connectivity index (χ2n) is 4.36. The quantitative estimate of drug-likeness (QED) is 0.784. The molecule has 0 saturated carbocycles. The Balaban J connectivity index is 1.92. The zero-order valence-corrected chi connectivity index (χ0v) is 12.4. The Morgan fingerprint density at radius 2 is 2.14 bits per heavy atom. The number of carbonyl (C=O) groups is 2. The standard InChI is InChI=1S/C13H14N4O3S/c1-7-9(8(2)18)5-15-13(16-7)14-4-3-11-17-10(6-21-11)12(19)20/h5-6H,3-4H2,1-2H3,(H,19,20)(H,14,15,16). The lowest BCUT2D eigenvalue weighted by Crippen LogP contribution is -2.10. The fourth-order valence-electron chi connectivity index (χ4n) is 1.70. The minimum Gasteiger partial charge on any atom is -0.476 e. The van der Waals surface area contributed by atoms with Gasteiger partial charge in [0.05, 0.1) is 16.3 Å². The van der Waals surface area contributed by atoms with E-state index in [1.165, 1.54) is 29.8 Å². The average Bonchev–Trinajstić information content (AvgIpc) is 2.87. The molecule has 110 valence electrons. The van der Waals surface area contributed by atoms with Crippen LogP contribution in [-0.4, -0.2) is 38.4 Å². The number of carboxylic acids is 1. The van der Waals surface area contributed by atoms with Crippen LogP contribution in [-0.2, 0) is 6.42 Å². The highest BCUT2D eigenvalue weighted by atomic mass is 32.1. The maximum absolute atomic E-state index is 11.3. The molecule has 0 amide bonds. The molecule has 0 radical (unpaired) electrons. The number of ketones is 1. The molecule has 2 rings (SSSR count). The Morgan fingerprint density at radius 1 is 1.38 bits per heavy atom. The number of nitrogens with zero attached hydrogens (tertiary/aromatic N) is 3. The summed E-state index contributed by atoms with van der Waals surface area (Å²) in [6, 6.07) is 0. The van der Waals surface area contributed by atoms with Crippen LogP contribution in [0, 0.1) is 6.92 Å². The molecule has 0 saturated heterocycles. The summed E-state index contributed by atoms with van der Waals surface area (Å²) in [7, 11) is 0. The lowest BCUT2D eigenvalue weighted by atomic mass is 10.2. The number of nitrogens with one attached hydrogen (secondary N) is 1. The number of carbonyl (C=O) groups excluding carboxylic acids is 1. The summed E-state index contributed by atoms with van der Waals surface area (Å²) < 4.78 is 0. The summed E-state index contributed by atoms with van der Waals surface area (Å²) >= 11 is 1.31. The van der Waals surface area contributed by atoms with Crippen LogP contribution in [0.2, 0.25) is 0 Å². The van der Waals surface area contributed by atoms with Gasteiger partial charge in [-0.1, -0.05) is 0 Å². The first-order chi connectivity index (χ1) is 9.97. The highest BCUT2D eigenvalue weighted by Gasteiger charge is 2.09. The molecule has 0 unspecified atom stereocenters. The van der Waals surface area contributed by atoms with Gasteiger partial charge in [-0.15, -0.1) is 11.3 Å². The zero-order valence-electron chi connectivity index (χ0n) is 11.6. The molecule has 21 heavy (non-hydrogen) atoms. The molecule has 2 aromatic heterocycles. The first-order valence-corrected chi connectivity index (χ1v) is 7.11. The molecular weight excluding hydrogens is 292 g/mol. The Morgan fingerprint density at radius 3 is 2.71 bits per heavy atom. The van der Waals surface area contributed by atoms with Crippen LogP contribution in [0.5, 0.6) is 0 Å². The maximum Gasteiger partial charge on any atom is 0.355 e. The van der Waals surface area contributed by atoms with E-state index in [9.17, 15) is 9.59 Å². The maximum atomic E-state index is 11.3. The molecule has 2 N–H and O–H groups in total. The lowest BCUT2D eigenvalue weighted by molar-refractivity contribution is 0.0691. The second kappa shape index (κ2) is 6.40. The van der Waals surface area contributed by atoms with Crippen molar-refractivity contribution in [3.05, 3.63) is 33.5 Å². The minimum absolute atomic E-state index is 0.0629. The number of aromatic carboxylic acids is 1. The van der Waals surface area contributed by atoms with Crippen molar-refractivity contribution in [1.82, 2.24) is 15.0 Å². The summed E-state index contributed by atoms with van der Waals surface area (Å²) in [5.41, 5.74) is 1.20. The molecule has 0 bridgehead atoms. The third-order valence-corrected chi connectivity index (χ3v) is 3.66. The molecule has 0 aromatic carbocycles. The van der Waals surface area contributed by atoms with Gasteiger partial charge in [0.2, 0.25) is 5.95 Å². The SMILES string of the molecule is CC(=O)c1cnc(NCCc2nc(C(=O)O)cs2)nc1C. The number of aryl methyl sites for hydroxylation is 1. The average molecular weight is 306 g/mol. The van der Waals surface area contributed by atoms with Gasteiger partial charge in [-0.3, -0.25) is 4.79 Å². The van der Waals surface area contributed by atoms with Crippen molar-refractivity contribution in [3.63, 3.8) is 0 Å².